The van der Waals surface area contributed by atoms with Gasteiger partial charge in [0.1, 0.15) is 0 Å². The SMILES string of the molecule is C/C(NCCN1CCOCC1)=C(/C=N)[N+](=O)[O-]. The van der Waals surface area contributed by atoms with Gasteiger partial charge in [0.2, 0.25) is 0 Å². The van der Waals surface area contributed by atoms with Crippen LogP contribution in [0.4, 0.5) is 0 Å². The van der Waals surface area contributed by atoms with Crippen molar-refractivity contribution in [3.05, 3.63) is 21.5 Å². The molecule has 1 heterocycles. The Morgan fingerprint density at radius 2 is 2.24 bits per heavy atom. The Kier molecular flexibility index (Phi) is 5.58. The van der Waals surface area contributed by atoms with Crippen LogP contribution in [0.2, 0.25) is 0 Å². The molecule has 0 aliphatic carbocycles. The molecule has 0 unspecified atom stereocenters. The summed E-state index contributed by atoms with van der Waals surface area (Å²) in [4.78, 5) is 12.3. The first-order valence-electron chi connectivity index (χ1n) is 5.55. The van der Waals surface area contributed by atoms with Gasteiger partial charge >= 0.3 is 5.70 Å². The zero-order chi connectivity index (χ0) is 12.7. The Morgan fingerprint density at radius 1 is 1.59 bits per heavy atom. The van der Waals surface area contributed by atoms with Gasteiger partial charge in [-0.15, -0.1) is 0 Å². The molecule has 0 radical (unpaired) electrons. The molecule has 0 aromatic heterocycles. The van der Waals surface area contributed by atoms with Crippen molar-refractivity contribution in [1.29, 1.82) is 5.41 Å². The molecule has 2 N–H and O–H groups in total. The maximum Gasteiger partial charge on any atom is 0.305 e. The zero-order valence-electron chi connectivity index (χ0n) is 9.94. The van der Waals surface area contributed by atoms with Gasteiger partial charge in [-0.25, -0.2) is 0 Å². The lowest BCUT2D eigenvalue weighted by molar-refractivity contribution is -0.415. The first-order chi connectivity index (χ1) is 8.15. The fourth-order valence-electron chi connectivity index (χ4n) is 1.61. The molecule has 1 rings (SSSR count). The van der Waals surface area contributed by atoms with Gasteiger partial charge in [-0.2, -0.15) is 0 Å². The number of nitrogens with zero attached hydrogens (tertiary/aromatic N) is 2. The molecule has 0 aromatic carbocycles. The Bertz CT molecular complexity index is 311. The minimum atomic E-state index is -0.552. The largest absolute Gasteiger partial charge is 0.382 e. The predicted molar refractivity (Wildman–Crippen MR) is 63.7 cm³/mol. The average Bonchev–Trinajstić information content (AvgIpc) is 2.30. The lowest BCUT2D eigenvalue weighted by Crippen LogP contribution is -2.40. The van der Waals surface area contributed by atoms with Crippen molar-refractivity contribution in [3.63, 3.8) is 0 Å². The van der Waals surface area contributed by atoms with Gasteiger partial charge in [-0.1, -0.05) is 0 Å². The number of allylic oxidation sites excluding steroid dienone is 2. The second kappa shape index (κ2) is 6.97. The molecular weight excluding hydrogens is 224 g/mol. The molecule has 17 heavy (non-hydrogen) atoms. The number of hydrogen-bond donors (Lipinski definition) is 2. The third kappa shape index (κ3) is 4.49. The lowest BCUT2D eigenvalue weighted by atomic mass is 10.3. The van der Waals surface area contributed by atoms with Gasteiger partial charge in [0, 0.05) is 26.2 Å². The minimum Gasteiger partial charge on any atom is -0.382 e. The highest BCUT2D eigenvalue weighted by atomic mass is 16.6. The number of nitro groups is 1. The van der Waals surface area contributed by atoms with Crippen LogP contribution < -0.4 is 5.32 Å². The Balaban J connectivity index is 2.34. The van der Waals surface area contributed by atoms with Crippen molar-refractivity contribution in [2.75, 3.05) is 39.4 Å². The van der Waals surface area contributed by atoms with Crippen LogP contribution in [0, 0.1) is 15.5 Å². The number of morpholine rings is 1. The van der Waals surface area contributed by atoms with Gasteiger partial charge in [0.25, 0.3) is 0 Å². The number of rotatable bonds is 6. The van der Waals surface area contributed by atoms with Crippen molar-refractivity contribution in [3.8, 4) is 0 Å². The van der Waals surface area contributed by atoms with Gasteiger partial charge in [0.15, 0.2) is 0 Å². The van der Waals surface area contributed by atoms with E-state index in [4.69, 9.17) is 10.1 Å². The fraction of sp³-hybridized carbons (Fsp3) is 0.700. The first-order valence-corrected chi connectivity index (χ1v) is 5.55. The summed E-state index contributed by atoms with van der Waals surface area (Å²) in [6, 6.07) is 0. The van der Waals surface area contributed by atoms with Crippen LogP contribution >= 0.6 is 0 Å². The number of hydrogen-bond acceptors (Lipinski definition) is 6. The van der Waals surface area contributed by atoms with Crippen LogP contribution in [-0.2, 0) is 4.74 Å². The molecular formula is C10H18N4O3. The molecule has 7 nitrogen and oxygen atoms in total. The molecule has 1 saturated heterocycles. The summed E-state index contributed by atoms with van der Waals surface area (Å²) in [6.45, 7) is 6.36. The monoisotopic (exact) mass is 242 g/mol. The summed E-state index contributed by atoms with van der Waals surface area (Å²) in [7, 11) is 0. The normalized spacial score (nSPS) is 18.4. The number of nitrogens with one attached hydrogen (secondary N) is 2. The topological polar surface area (TPSA) is 91.5 Å². The zero-order valence-corrected chi connectivity index (χ0v) is 9.94. The Hall–Kier alpha value is -1.47. The molecule has 0 bridgehead atoms. The molecule has 0 aromatic rings. The van der Waals surface area contributed by atoms with Crippen LogP contribution in [0.3, 0.4) is 0 Å². The summed E-state index contributed by atoms with van der Waals surface area (Å²) in [5, 5.41) is 20.5. The Morgan fingerprint density at radius 3 is 2.76 bits per heavy atom. The van der Waals surface area contributed by atoms with E-state index in [1.807, 2.05) is 0 Å². The molecule has 0 spiro atoms. The standard InChI is InChI=1S/C10H18N4O3/c1-9(10(8-11)14(15)16)12-2-3-13-4-6-17-7-5-13/h8,11-12H,2-7H2,1H3/b10-9+,11-8?. The summed E-state index contributed by atoms with van der Waals surface area (Å²) >= 11 is 0. The molecule has 1 fully saturated rings. The molecule has 0 amide bonds. The predicted octanol–water partition coefficient (Wildman–Crippen LogP) is 0.0660. The van der Waals surface area contributed by atoms with Gasteiger partial charge in [-0.3, -0.25) is 15.0 Å². The summed E-state index contributed by atoms with van der Waals surface area (Å²) < 4.78 is 5.22. The van der Waals surface area contributed by atoms with E-state index in [1.54, 1.807) is 6.92 Å². The van der Waals surface area contributed by atoms with Crippen LogP contribution in [0.1, 0.15) is 6.92 Å². The van der Waals surface area contributed by atoms with E-state index in [0.29, 0.717) is 12.2 Å². The van der Waals surface area contributed by atoms with Crippen molar-refractivity contribution in [1.82, 2.24) is 10.2 Å². The quantitative estimate of drug-likeness (QED) is 0.390. The summed E-state index contributed by atoms with van der Waals surface area (Å²) in [6.07, 6.45) is 0.761. The highest BCUT2D eigenvalue weighted by molar-refractivity contribution is 5.73. The van der Waals surface area contributed by atoms with Crippen LogP contribution in [-0.4, -0.2) is 55.4 Å². The van der Waals surface area contributed by atoms with Crippen LogP contribution in [0.25, 0.3) is 0 Å². The van der Waals surface area contributed by atoms with Crippen molar-refractivity contribution in [2.45, 2.75) is 6.92 Å². The van der Waals surface area contributed by atoms with Crippen molar-refractivity contribution >= 4 is 6.21 Å². The lowest BCUT2D eigenvalue weighted by Gasteiger charge is -2.26. The van der Waals surface area contributed by atoms with Gasteiger partial charge in [0.05, 0.1) is 30.0 Å². The Labute approximate surface area is 100 Å². The van der Waals surface area contributed by atoms with Gasteiger partial charge < -0.3 is 15.5 Å². The van der Waals surface area contributed by atoms with E-state index in [2.05, 4.69) is 10.2 Å². The van der Waals surface area contributed by atoms with Crippen LogP contribution in [0.15, 0.2) is 11.4 Å². The van der Waals surface area contributed by atoms with E-state index in [-0.39, 0.29) is 5.70 Å². The van der Waals surface area contributed by atoms with Crippen molar-refractivity contribution < 1.29 is 9.66 Å². The van der Waals surface area contributed by atoms with E-state index < -0.39 is 4.92 Å². The molecule has 7 heteroatoms. The smallest absolute Gasteiger partial charge is 0.305 e. The third-order valence-electron chi connectivity index (χ3n) is 2.64. The van der Waals surface area contributed by atoms with Gasteiger partial charge in [-0.05, 0) is 6.92 Å². The van der Waals surface area contributed by atoms with E-state index in [1.165, 1.54) is 0 Å². The summed E-state index contributed by atoms with van der Waals surface area (Å²) in [5.41, 5.74) is 0.241. The maximum absolute atomic E-state index is 10.6. The molecule has 0 atom stereocenters. The molecule has 0 saturated carbocycles. The minimum absolute atomic E-state index is 0.188. The van der Waals surface area contributed by atoms with E-state index in [9.17, 15) is 10.1 Å². The highest BCUT2D eigenvalue weighted by Gasteiger charge is 2.13. The van der Waals surface area contributed by atoms with E-state index >= 15 is 0 Å². The first kappa shape index (κ1) is 13.6. The summed E-state index contributed by atoms with van der Waals surface area (Å²) in [5.74, 6) is 0. The third-order valence-corrected chi connectivity index (χ3v) is 2.64. The second-order valence-corrected chi connectivity index (χ2v) is 3.79. The average molecular weight is 242 g/mol. The van der Waals surface area contributed by atoms with Crippen molar-refractivity contribution in [2.24, 2.45) is 0 Å². The van der Waals surface area contributed by atoms with Crippen LogP contribution in [0.5, 0.6) is 0 Å². The van der Waals surface area contributed by atoms with E-state index in [0.717, 1.165) is 39.1 Å². The highest BCUT2D eigenvalue weighted by Crippen LogP contribution is 1.99. The second-order valence-electron chi connectivity index (χ2n) is 3.79. The number of ether oxygens (including phenoxy) is 1. The fourth-order valence-corrected chi connectivity index (χ4v) is 1.61. The molecule has 1 aliphatic rings. The maximum atomic E-state index is 10.6. The molecule has 1 aliphatic heterocycles. The molecule has 96 valence electrons.